The Bertz CT molecular complexity index is 334. The Balaban J connectivity index is 1.88. The van der Waals surface area contributed by atoms with Gasteiger partial charge in [-0.2, -0.15) is 0 Å². The number of hydrogen-bond acceptors (Lipinski definition) is 3. The number of nitrogens with one attached hydrogen (secondary N) is 1. The van der Waals surface area contributed by atoms with Gasteiger partial charge >= 0.3 is 0 Å². The fraction of sp³-hybridized carbons (Fsp3) is 0.818. The Kier molecular flexibility index (Phi) is 3.46. The van der Waals surface area contributed by atoms with Crippen molar-refractivity contribution < 1.29 is 8.42 Å². The highest BCUT2D eigenvalue weighted by molar-refractivity contribution is 7.91. The van der Waals surface area contributed by atoms with Gasteiger partial charge in [0.2, 0.25) is 0 Å². The van der Waals surface area contributed by atoms with E-state index in [4.69, 9.17) is 0 Å². The molecule has 0 aromatic heterocycles. The van der Waals surface area contributed by atoms with Gasteiger partial charge in [-0.05, 0) is 32.1 Å². The van der Waals surface area contributed by atoms with Crippen molar-refractivity contribution in [2.45, 2.75) is 44.2 Å². The third-order valence-electron chi connectivity index (χ3n) is 3.17. The van der Waals surface area contributed by atoms with Crippen LogP contribution in [0.25, 0.3) is 0 Å². The summed E-state index contributed by atoms with van der Waals surface area (Å²) in [6.45, 7) is 0. The van der Waals surface area contributed by atoms with Gasteiger partial charge in [0.15, 0.2) is 9.84 Å². The lowest BCUT2D eigenvalue weighted by molar-refractivity contribution is 0.425. The minimum absolute atomic E-state index is 0.177. The maximum Gasteiger partial charge on any atom is 0.151 e. The maximum atomic E-state index is 11.4. The predicted octanol–water partition coefficient (Wildman–Crippen LogP) is 1.26. The van der Waals surface area contributed by atoms with Crippen LogP contribution in [0.2, 0.25) is 0 Å². The molecule has 1 N–H and O–H groups in total. The molecule has 1 heterocycles. The van der Waals surface area contributed by atoms with Gasteiger partial charge in [0, 0.05) is 12.1 Å². The number of allylic oxidation sites excluding steroid dienone is 1. The van der Waals surface area contributed by atoms with Crippen molar-refractivity contribution in [2.24, 2.45) is 0 Å². The summed E-state index contributed by atoms with van der Waals surface area (Å²) in [6.07, 6.45) is 9.73. The molecule has 2 rings (SSSR count). The molecule has 86 valence electrons. The molecule has 4 heteroatoms. The van der Waals surface area contributed by atoms with Crippen molar-refractivity contribution >= 4 is 9.84 Å². The van der Waals surface area contributed by atoms with Gasteiger partial charge in [0.05, 0.1) is 11.5 Å². The lowest BCUT2D eigenvalue weighted by Crippen LogP contribution is -2.44. The molecular weight excluding hydrogens is 210 g/mol. The topological polar surface area (TPSA) is 46.2 Å². The van der Waals surface area contributed by atoms with E-state index in [0.717, 1.165) is 19.3 Å². The molecule has 0 amide bonds. The summed E-state index contributed by atoms with van der Waals surface area (Å²) < 4.78 is 22.9. The van der Waals surface area contributed by atoms with E-state index in [9.17, 15) is 8.42 Å². The zero-order valence-electron chi connectivity index (χ0n) is 8.98. The molecule has 15 heavy (non-hydrogen) atoms. The number of rotatable bonds is 2. The highest BCUT2D eigenvalue weighted by Crippen LogP contribution is 2.16. The summed E-state index contributed by atoms with van der Waals surface area (Å²) in [5.41, 5.74) is 0. The predicted molar refractivity (Wildman–Crippen MR) is 61.6 cm³/mol. The van der Waals surface area contributed by atoms with Crippen molar-refractivity contribution in [3.8, 4) is 0 Å². The van der Waals surface area contributed by atoms with Gasteiger partial charge in [-0.3, -0.25) is 0 Å². The van der Waals surface area contributed by atoms with Gasteiger partial charge < -0.3 is 5.32 Å². The summed E-state index contributed by atoms with van der Waals surface area (Å²) in [4.78, 5) is 0. The molecule has 0 bridgehead atoms. The number of hydrogen-bond donors (Lipinski definition) is 1. The largest absolute Gasteiger partial charge is 0.307 e. The lowest BCUT2D eigenvalue weighted by atomic mass is 10.0. The molecule has 1 saturated heterocycles. The Labute approximate surface area is 91.9 Å². The Morgan fingerprint density at radius 2 is 2.07 bits per heavy atom. The van der Waals surface area contributed by atoms with Gasteiger partial charge in [-0.1, -0.05) is 12.2 Å². The van der Waals surface area contributed by atoms with Crippen LogP contribution in [0, 0.1) is 0 Å². The SMILES string of the molecule is O=S1(=O)CCCC(NC2C=CCCC2)C1. The molecule has 2 atom stereocenters. The van der Waals surface area contributed by atoms with E-state index in [2.05, 4.69) is 17.5 Å². The molecule has 2 unspecified atom stereocenters. The third kappa shape index (κ3) is 3.31. The molecule has 2 aliphatic rings. The molecule has 1 aliphatic heterocycles. The standard InChI is InChI=1S/C11H19NO2S/c13-15(14)8-4-7-11(9-15)12-10-5-2-1-3-6-10/h2,5,10-12H,1,3-4,6-9H2. The quantitative estimate of drug-likeness (QED) is 0.725. The first kappa shape index (κ1) is 11.1. The third-order valence-corrected chi connectivity index (χ3v) is 4.99. The van der Waals surface area contributed by atoms with Crippen molar-refractivity contribution in [1.29, 1.82) is 0 Å². The molecule has 0 aromatic rings. The van der Waals surface area contributed by atoms with E-state index in [1.807, 2.05) is 0 Å². The first-order chi connectivity index (χ1) is 7.16. The van der Waals surface area contributed by atoms with Crippen LogP contribution in [-0.4, -0.2) is 32.0 Å². The highest BCUT2D eigenvalue weighted by atomic mass is 32.2. The van der Waals surface area contributed by atoms with Crippen LogP contribution in [0.15, 0.2) is 12.2 Å². The van der Waals surface area contributed by atoms with E-state index in [1.165, 1.54) is 12.8 Å². The molecule has 1 fully saturated rings. The van der Waals surface area contributed by atoms with E-state index in [-0.39, 0.29) is 6.04 Å². The van der Waals surface area contributed by atoms with Crippen molar-refractivity contribution in [3.05, 3.63) is 12.2 Å². The van der Waals surface area contributed by atoms with Gasteiger partial charge in [-0.25, -0.2) is 8.42 Å². The second-order valence-corrected chi connectivity index (χ2v) is 6.81. The monoisotopic (exact) mass is 229 g/mol. The maximum absolute atomic E-state index is 11.4. The van der Waals surface area contributed by atoms with Crippen LogP contribution in [0.5, 0.6) is 0 Å². The summed E-state index contributed by atoms with van der Waals surface area (Å²) in [5.74, 6) is 0.711. The minimum atomic E-state index is -2.77. The van der Waals surface area contributed by atoms with Crippen molar-refractivity contribution in [1.82, 2.24) is 5.32 Å². The molecule has 0 spiro atoms. The average Bonchev–Trinajstić information content (AvgIpc) is 2.17. The fourth-order valence-corrected chi connectivity index (χ4v) is 4.06. The van der Waals surface area contributed by atoms with E-state index in [1.54, 1.807) is 0 Å². The fourth-order valence-electron chi connectivity index (χ4n) is 2.41. The smallest absolute Gasteiger partial charge is 0.151 e. The molecule has 0 saturated carbocycles. The van der Waals surface area contributed by atoms with Crippen LogP contribution in [-0.2, 0) is 9.84 Å². The Morgan fingerprint density at radius 3 is 2.73 bits per heavy atom. The Hall–Kier alpha value is -0.350. The zero-order valence-corrected chi connectivity index (χ0v) is 9.80. The molecular formula is C11H19NO2S. The van der Waals surface area contributed by atoms with Crippen molar-refractivity contribution in [2.75, 3.05) is 11.5 Å². The van der Waals surface area contributed by atoms with Gasteiger partial charge in [-0.15, -0.1) is 0 Å². The highest BCUT2D eigenvalue weighted by Gasteiger charge is 2.25. The van der Waals surface area contributed by atoms with Crippen LogP contribution in [0.4, 0.5) is 0 Å². The summed E-state index contributed by atoms with van der Waals surface area (Å²) in [5, 5.41) is 3.45. The average molecular weight is 229 g/mol. The summed E-state index contributed by atoms with van der Waals surface area (Å²) >= 11 is 0. The van der Waals surface area contributed by atoms with Crippen molar-refractivity contribution in [3.63, 3.8) is 0 Å². The number of sulfone groups is 1. The van der Waals surface area contributed by atoms with Crippen LogP contribution in [0.1, 0.15) is 32.1 Å². The molecule has 0 radical (unpaired) electrons. The van der Waals surface area contributed by atoms with Crippen LogP contribution in [0.3, 0.4) is 0 Å². The Morgan fingerprint density at radius 1 is 1.20 bits per heavy atom. The molecule has 3 nitrogen and oxygen atoms in total. The van der Waals surface area contributed by atoms with E-state index >= 15 is 0 Å². The first-order valence-electron chi connectivity index (χ1n) is 5.79. The van der Waals surface area contributed by atoms with Gasteiger partial charge in [0.25, 0.3) is 0 Å². The van der Waals surface area contributed by atoms with E-state index < -0.39 is 9.84 Å². The van der Waals surface area contributed by atoms with Crippen LogP contribution >= 0.6 is 0 Å². The van der Waals surface area contributed by atoms with Gasteiger partial charge in [0.1, 0.15) is 0 Å². The van der Waals surface area contributed by atoms with Crippen LogP contribution < -0.4 is 5.32 Å². The zero-order chi connectivity index (χ0) is 10.7. The lowest BCUT2D eigenvalue weighted by Gasteiger charge is -2.28. The second-order valence-electron chi connectivity index (χ2n) is 4.59. The first-order valence-corrected chi connectivity index (χ1v) is 7.61. The molecule has 0 aromatic carbocycles. The van der Waals surface area contributed by atoms with E-state index in [0.29, 0.717) is 17.5 Å². The normalized spacial score (nSPS) is 35.2. The second kappa shape index (κ2) is 4.66. The minimum Gasteiger partial charge on any atom is -0.307 e. The summed E-state index contributed by atoms with van der Waals surface area (Å²) in [7, 11) is -2.77. The summed E-state index contributed by atoms with van der Waals surface area (Å²) in [6, 6.07) is 0.577. The molecule has 1 aliphatic carbocycles.